The molecule has 230 valence electrons. The Labute approximate surface area is 262 Å². The van der Waals surface area contributed by atoms with Crippen molar-refractivity contribution in [2.45, 2.75) is 44.1 Å². The number of halogens is 2. The smallest absolute Gasteiger partial charge is 0.407 e. The number of nitrogens with zero attached hydrogens (tertiary/aromatic N) is 5. The Bertz CT molecular complexity index is 1760. The van der Waals surface area contributed by atoms with Crippen molar-refractivity contribution in [1.82, 2.24) is 23.9 Å². The molecule has 2 aromatic carbocycles. The molecule has 11 nitrogen and oxygen atoms in total. The van der Waals surface area contributed by atoms with E-state index in [0.29, 0.717) is 59.8 Å². The summed E-state index contributed by atoms with van der Waals surface area (Å²) in [5.41, 5.74) is 0.789. The van der Waals surface area contributed by atoms with Gasteiger partial charge in [0.15, 0.2) is 5.65 Å². The molecule has 2 N–H and O–H groups in total. The summed E-state index contributed by atoms with van der Waals surface area (Å²) in [6, 6.07) is 15.0. The molecule has 0 radical (unpaired) electrons. The van der Waals surface area contributed by atoms with Crippen molar-refractivity contribution in [3.63, 3.8) is 0 Å². The van der Waals surface area contributed by atoms with Crippen LogP contribution in [0.15, 0.2) is 65.7 Å². The van der Waals surface area contributed by atoms with Gasteiger partial charge in [0.05, 0.1) is 36.3 Å². The largest absolute Gasteiger partial charge is 0.465 e. The van der Waals surface area contributed by atoms with Gasteiger partial charge in [0.2, 0.25) is 0 Å². The molecule has 2 atom stereocenters. The minimum absolute atomic E-state index is 0.0248. The van der Waals surface area contributed by atoms with Gasteiger partial charge < -0.3 is 19.8 Å². The van der Waals surface area contributed by atoms with Crippen LogP contribution in [0.3, 0.4) is 0 Å². The summed E-state index contributed by atoms with van der Waals surface area (Å²) in [4.78, 5) is 45.8. The maximum Gasteiger partial charge on any atom is 0.407 e. The second kappa shape index (κ2) is 11.9. The third-order valence-electron chi connectivity index (χ3n) is 8.51. The minimum atomic E-state index is -1.19. The highest BCUT2D eigenvalue weighted by Crippen LogP contribution is 2.32. The van der Waals surface area contributed by atoms with Gasteiger partial charge in [-0.3, -0.25) is 23.6 Å². The van der Waals surface area contributed by atoms with Crippen molar-refractivity contribution in [3.05, 3.63) is 92.6 Å². The quantitative estimate of drug-likeness (QED) is 0.326. The van der Waals surface area contributed by atoms with E-state index in [9.17, 15) is 24.6 Å². The molecule has 2 aliphatic rings. The molecular weight excluding hydrogens is 609 g/mol. The van der Waals surface area contributed by atoms with Crippen LogP contribution in [0.5, 0.6) is 0 Å². The van der Waals surface area contributed by atoms with Gasteiger partial charge in [-0.2, -0.15) is 0 Å². The average Bonchev–Trinajstić information content (AvgIpc) is 3.35. The lowest BCUT2D eigenvalue weighted by atomic mass is 9.91. The first-order valence-electron chi connectivity index (χ1n) is 14.3. The molecule has 0 bridgehead atoms. The highest BCUT2D eigenvalue weighted by atomic mass is 35.5. The number of morpholine rings is 1. The standard InChI is InChI=1S/C31H31Cl2N5O6/c1-19-26(37(30(41)42)14-15-44-19)20-4-8-23(9-5-20)38-25(33)16-24-27(38)34-18-36(29(24)40)17-31(43)10-12-35(13-11-31)28(39)21-2-6-22(32)7-3-21/h2-9,16,18-19,26,43H,10-15,17H2,1H3,(H,41,42)/t19-,26+/m0/s1. The number of likely N-dealkylation sites (tertiary alicyclic amines) is 1. The van der Waals surface area contributed by atoms with E-state index in [0.717, 1.165) is 5.56 Å². The van der Waals surface area contributed by atoms with Gasteiger partial charge in [0, 0.05) is 35.9 Å². The zero-order valence-corrected chi connectivity index (χ0v) is 25.4. The van der Waals surface area contributed by atoms with E-state index in [-0.39, 0.29) is 35.8 Å². The number of hydrogen-bond donors (Lipinski definition) is 2. The zero-order chi connectivity index (χ0) is 31.2. The van der Waals surface area contributed by atoms with E-state index in [4.69, 9.17) is 27.9 Å². The SMILES string of the molecule is C[C@@H]1OCCN(C(=O)O)[C@H]1c1ccc(-n2c(Cl)cc3c(=O)n(CC4(O)CCN(C(=O)c5ccc(Cl)cc5)CC4)cnc32)cc1. The van der Waals surface area contributed by atoms with E-state index in [1.165, 1.54) is 15.8 Å². The van der Waals surface area contributed by atoms with Crippen molar-refractivity contribution in [3.8, 4) is 5.69 Å². The first kappa shape index (κ1) is 30.1. The fourth-order valence-corrected chi connectivity index (χ4v) is 6.54. The summed E-state index contributed by atoms with van der Waals surface area (Å²) in [6.07, 6.45) is 0.689. The van der Waals surface area contributed by atoms with Crippen LogP contribution in [-0.4, -0.2) is 84.1 Å². The van der Waals surface area contributed by atoms with Gasteiger partial charge in [-0.25, -0.2) is 9.78 Å². The molecule has 0 spiro atoms. The van der Waals surface area contributed by atoms with E-state index in [2.05, 4.69) is 4.98 Å². The summed E-state index contributed by atoms with van der Waals surface area (Å²) in [5.74, 6) is -0.131. The number of carbonyl (C=O) groups is 2. The van der Waals surface area contributed by atoms with Gasteiger partial charge in [0.1, 0.15) is 11.5 Å². The molecule has 2 aliphatic heterocycles. The average molecular weight is 641 g/mol. The Kier molecular flexibility index (Phi) is 8.14. The zero-order valence-electron chi connectivity index (χ0n) is 23.9. The number of carboxylic acid groups (broad SMARTS) is 1. The maximum absolute atomic E-state index is 13.5. The molecule has 0 unspecified atom stereocenters. The third kappa shape index (κ3) is 5.68. The fourth-order valence-electron chi connectivity index (χ4n) is 6.13. The molecule has 4 aromatic rings. The van der Waals surface area contributed by atoms with Crippen LogP contribution in [0.2, 0.25) is 10.2 Å². The molecule has 6 rings (SSSR count). The van der Waals surface area contributed by atoms with Gasteiger partial charge in [0.25, 0.3) is 11.5 Å². The minimum Gasteiger partial charge on any atom is -0.465 e. The van der Waals surface area contributed by atoms with Gasteiger partial charge >= 0.3 is 6.09 Å². The number of fused-ring (bicyclic) bond motifs is 1. The maximum atomic E-state index is 13.5. The van der Waals surface area contributed by atoms with Crippen LogP contribution in [0.25, 0.3) is 16.7 Å². The van der Waals surface area contributed by atoms with Crippen molar-refractivity contribution >= 4 is 46.2 Å². The van der Waals surface area contributed by atoms with Gasteiger partial charge in [-0.1, -0.05) is 35.3 Å². The third-order valence-corrected chi connectivity index (χ3v) is 9.04. The van der Waals surface area contributed by atoms with E-state index >= 15 is 0 Å². The Morgan fingerprint density at radius 3 is 2.39 bits per heavy atom. The predicted molar refractivity (Wildman–Crippen MR) is 165 cm³/mol. The Morgan fingerprint density at radius 1 is 1.05 bits per heavy atom. The van der Waals surface area contributed by atoms with E-state index < -0.39 is 17.7 Å². The lowest BCUT2D eigenvalue weighted by Crippen LogP contribution is -2.49. The molecule has 2 fully saturated rings. The fraction of sp³-hybridized carbons (Fsp3) is 0.355. The molecule has 2 amide bonds. The Balaban J connectivity index is 1.20. The number of benzene rings is 2. The van der Waals surface area contributed by atoms with Crippen LogP contribution >= 0.6 is 23.2 Å². The first-order chi connectivity index (χ1) is 21.0. The van der Waals surface area contributed by atoms with Crippen molar-refractivity contribution < 1.29 is 24.5 Å². The second-order valence-corrected chi connectivity index (χ2v) is 12.2. The molecule has 4 heterocycles. The van der Waals surface area contributed by atoms with Crippen molar-refractivity contribution in [2.75, 3.05) is 26.2 Å². The summed E-state index contributed by atoms with van der Waals surface area (Å²) < 4.78 is 8.74. The highest BCUT2D eigenvalue weighted by Gasteiger charge is 2.36. The molecule has 0 saturated carbocycles. The number of rotatable bonds is 5. The van der Waals surface area contributed by atoms with Crippen molar-refractivity contribution in [1.29, 1.82) is 0 Å². The van der Waals surface area contributed by atoms with E-state index in [1.54, 1.807) is 51.9 Å². The summed E-state index contributed by atoms with van der Waals surface area (Å²) in [5, 5.41) is 22.2. The number of hydrogen-bond acceptors (Lipinski definition) is 6. The monoisotopic (exact) mass is 639 g/mol. The molecule has 2 saturated heterocycles. The number of aromatic nitrogens is 3. The van der Waals surface area contributed by atoms with Crippen molar-refractivity contribution in [2.24, 2.45) is 0 Å². The summed E-state index contributed by atoms with van der Waals surface area (Å²) in [6.45, 7) is 3.19. The number of piperidine rings is 1. The number of aliphatic hydroxyl groups is 1. The number of amides is 2. The normalized spacial score (nSPS) is 20.2. The first-order valence-corrected chi connectivity index (χ1v) is 15.1. The van der Waals surface area contributed by atoms with Crippen LogP contribution in [0.4, 0.5) is 4.79 Å². The lowest BCUT2D eigenvalue weighted by Gasteiger charge is -2.38. The van der Waals surface area contributed by atoms with Crippen LogP contribution in [-0.2, 0) is 11.3 Å². The Morgan fingerprint density at radius 2 is 1.73 bits per heavy atom. The predicted octanol–water partition coefficient (Wildman–Crippen LogP) is 4.60. The molecule has 0 aliphatic carbocycles. The van der Waals surface area contributed by atoms with E-state index in [1.807, 2.05) is 19.1 Å². The number of ether oxygens (including phenoxy) is 1. The topological polar surface area (TPSA) is 130 Å². The summed E-state index contributed by atoms with van der Waals surface area (Å²) in [7, 11) is 0. The second-order valence-electron chi connectivity index (χ2n) is 11.3. The van der Waals surface area contributed by atoms with Crippen LogP contribution in [0.1, 0.15) is 41.7 Å². The molecule has 2 aromatic heterocycles. The summed E-state index contributed by atoms with van der Waals surface area (Å²) >= 11 is 12.5. The van der Waals surface area contributed by atoms with Crippen LogP contribution in [0, 0.1) is 0 Å². The number of carbonyl (C=O) groups excluding carboxylic acids is 1. The molecule has 13 heteroatoms. The highest BCUT2D eigenvalue weighted by molar-refractivity contribution is 6.31. The van der Waals surface area contributed by atoms with Crippen LogP contribution < -0.4 is 5.56 Å². The molecule has 44 heavy (non-hydrogen) atoms. The molecular formula is C31H31Cl2N5O6. The Hall–Kier alpha value is -3.90. The van der Waals surface area contributed by atoms with Gasteiger partial charge in [-0.15, -0.1) is 0 Å². The lowest BCUT2D eigenvalue weighted by molar-refractivity contribution is -0.0532. The van der Waals surface area contributed by atoms with Gasteiger partial charge in [-0.05, 0) is 67.8 Å².